The molecule has 1 N–H and O–H groups in total. The first-order valence-electron chi connectivity index (χ1n) is 7.67. The molecular formula is C16H29NO3. The topological polar surface area (TPSA) is 49.8 Å². The number of piperidine rings is 1. The molecule has 2 heterocycles. The van der Waals surface area contributed by atoms with Gasteiger partial charge in [0.15, 0.2) is 0 Å². The summed E-state index contributed by atoms with van der Waals surface area (Å²) in [6, 6.07) is 0.237. The SMILES string of the molecule is CC(C)(C)OC(=O)N1C2CCC1CC(O)(C(C)(C)C)C2. The van der Waals surface area contributed by atoms with E-state index < -0.39 is 11.2 Å². The van der Waals surface area contributed by atoms with E-state index in [9.17, 15) is 9.90 Å². The van der Waals surface area contributed by atoms with E-state index >= 15 is 0 Å². The molecule has 1 amide bonds. The number of carbonyl (C=O) groups is 1. The Balaban J connectivity index is 2.14. The van der Waals surface area contributed by atoms with Crippen LogP contribution in [0.15, 0.2) is 0 Å². The van der Waals surface area contributed by atoms with E-state index in [-0.39, 0.29) is 23.6 Å². The molecule has 0 aliphatic carbocycles. The first kappa shape index (κ1) is 15.6. The van der Waals surface area contributed by atoms with Crippen LogP contribution in [0.1, 0.15) is 67.2 Å². The Bertz CT molecular complexity index is 378. The fourth-order valence-electron chi connectivity index (χ4n) is 3.45. The van der Waals surface area contributed by atoms with Gasteiger partial charge in [-0.2, -0.15) is 0 Å². The second kappa shape index (κ2) is 4.62. The second-order valence-corrected chi connectivity index (χ2v) is 8.46. The molecule has 2 rings (SSSR count). The lowest BCUT2D eigenvalue weighted by molar-refractivity contribution is -0.118. The summed E-state index contributed by atoms with van der Waals surface area (Å²) >= 11 is 0. The van der Waals surface area contributed by atoms with Gasteiger partial charge in [0.05, 0.1) is 5.60 Å². The summed E-state index contributed by atoms with van der Waals surface area (Å²) in [6.45, 7) is 11.9. The molecule has 2 saturated heterocycles. The fourth-order valence-corrected chi connectivity index (χ4v) is 3.45. The summed E-state index contributed by atoms with van der Waals surface area (Å²) in [5.41, 5.74) is -1.31. The van der Waals surface area contributed by atoms with Gasteiger partial charge in [0.25, 0.3) is 0 Å². The van der Waals surface area contributed by atoms with Gasteiger partial charge in [-0.25, -0.2) is 4.79 Å². The quantitative estimate of drug-likeness (QED) is 0.742. The third-order valence-corrected chi connectivity index (χ3v) is 4.77. The Labute approximate surface area is 122 Å². The van der Waals surface area contributed by atoms with Gasteiger partial charge < -0.3 is 14.7 Å². The summed E-state index contributed by atoms with van der Waals surface area (Å²) in [4.78, 5) is 14.2. The first-order valence-corrected chi connectivity index (χ1v) is 7.67. The molecule has 2 aliphatic rings. The Morgan fingerprint density at radius 3 is 1.90 bits per heavy atom. The zero-order valence-electron chi connectivity index (χ0n) is 13.7. The average molecular weight is 283 g/mol. The Kier molecular flexibility index (Phi) is 3.61. The summed E-state index contributed by atoms with van der Waals surface area (Å²) in [7, 11) is 0. The number of rotatable bonds is 0. The lowest BCUT2D eigenvalue weighted by atomic mass is 9.69. The van der Waals surface area contributed by atoms with Crippen LogP contribution in [-0.4, -0.2) is 39.4 Å². The van der Waals surface area contributed by atoms with Crippen molar-refractivity contribution in [1.29, 1.82) is 0 Å². The molecule has 4 nitrogen and oxygen atoms in total. The van der Waals surface area contributed by atoms with Crippen LogP contribution in [0.3, 0.4) is 0 Å². The van der Waals surface area contributed by atoms with Crippen molar-refractivity contribution < 1.29 is 14.6 Å². The van der Waals surface area contributed by atoms with Crippen molar-refractivity contribution in [2.75, 3.05) is 0 Å². The highest BCUT2D eigenvalue weighted by Gasteiger charge is 2.54. The van der Waals surface area contributed by atoms with Crippen LogP contribution >= 0.6 is 0 Å². The number of ether oxygens (including phenoxy) is 1. The molecular weight excluding hydrogens is 254 g/mol. The van der Waals surface area contributed by atoms with Crippen LogP contribution in [-0.2, 0) is 4.74 Å². The smallest absolute Gasteiger partial charge is 0.410 e. The maximum absolute atomic E-state index is 12.4. The Morgan fingerprint density at radius 1 is 1.10 bits per heavy atom. The molecule has 2 unspecified atom stereocenters. The van der Waals surface area contributed by atoms with Crippen molar-refractivity contribution in [3.63, 3.8) is 0 Å². The standard InChI is InChI=1S/C16H29NO3/c1-14(2,3)16(19)9-11-7-8-12(10-16)17(11)13(18)20-15(4,5)6/h11-12,19H,7-10H2,1-6H3. The van der Waals surface area contributed by atoms with E-state index in [1.165, 1.54) is 0 Å². The third-order valence-electron chi connectivity index (χ3n) is 4.77. The van der Waals surface area contributed by atoms with Crippen LogP contribution in [0.25, 0.3) is 0 Å². The molecule has 2 atom stereocenters. The average Bonchev–Trinajstić information content (AvgIpc) is 2.48. The zero-order chi connectivity index (χ0) is 15.3. The third kappa shape index (κ3) is 2.80. The summed E-state index contributed by atoms with van der Waals surface area (Å²) in [6.07, 6.45) is 3.05. The lowest BCUT2D eigenvalue weighted by Crippen LogP contribution is -2.58. The minimum Gasteiger partial charge on any atom is -0.444 e. The second-order valence-electron chi connectivity index (χ2n) is 8.46. The molecule has 0 aromatic carbocycles. The molecule has 0 radical (unpaired) electrons. The minimum atomic E-state index is -0.683. The van der Waals surface area contributed by atoms with Crippen LogP contribution in [0.5, 0.6) is 0 Å². The van der Waals surface area contributed by atoms with Gasteiger partial charge in [-0.15, -0.1) is 0 Å². The highest BCUT2D eigenvalue weighted by molar-refractivity contribution is 5.69. The van der Waals surface area contributed by atoms with Crippen molar-refractivity contribution in [3.05, 3.63) is 0 Å². The van der Waals surface area contributed by atoms with Crippen molar-refractivity contribution >= 4 is 6.09 Å². The van der Waals surface area contributed by atoms with E-state index in [4.69, 9.17) is 4.74 Å². The molecule has 0 saturated carbocycles. The number of nitrogens with zero attached hydrogens (tertiary/aromatic N) is 1. The van der Waals surface area contributed by atoms with Crippen LogP contribution in [0.4, 0.5) is 4.79 Å². The molecule has 2 fully saturated rings. The predicted octanol–water partition coefficient (Wildman–Crippen LogP) is 3.33. The molecule has 2 aliphatic heterocycles. The zero-order valence-corrected chi connectivity index (χ0v) is 13.7. The number of hydrogen-bond donors (Lipinski definition) is 1. The monoisotopic (exact) mass is 283 g/mol. The number of carbonyl (C=O) groups excluding carboxylic acids is 1. The van der Waals surface area contributed by atoms with Gasteiger partial charge in [-0.3, -0.25) is 0 Å². The Morgan fingerprint density at radius 2 is 1.55 bits per heavy atom. The molecule has 116 valence electrons. The highest BCUT2D eigenvalue weighted by atomic mass is 16.6. The van der Waals surface area contributed by atoms with Gasteiger partial charge >= 0.3 is 6.09 Å². The van der Waals surface area contributed by atoms with Crippen molar-refractivity contribution in [2.45, 2.75) is 90.5 Å². The highest BCUT2D eigenvalue weighted by Crippen LogP contribution is 2.48. The van der Waals surface area contributed by atoms with E-state index in [1.807, 2.05) is 25.7 Å². The van der Waals surface area contributed by atoms with Gasteiger partial charge in [0.1, 0.15) is 5.60 Å². The number of hydrogen-bond acceptors (Lipinski definition) is 3. The molecule has 4 heteroatoms. The molecule has 0 aromatic rings. The van der Waals surface area contributed by atoms with E-state index in [2.05, 4.69) is 20.8 Å². The van der Waals surface area contributed by atoms with Gasteiger partial charge in [-0.1, -0.05) is 20.8 Å². The lowest BCUT2D eigenvalue weighted by Gasteiger charge is -2.49. The first-order chi connectivity index (χ1) is 8.93. The van der Waals surface area contributed by atoms with Crippen LogP contribution < -0.4 is 0 Å². The summed E-state index contributed by atoms with van der Waals surface area (Å²) < 4.78 is 5.52. The molecule has 0 aromatic heterocycles. The minimum absolute atomic E-state index is 0.118. The van der Waals surface area contributed by atoms with Crippen molar-refractivity contribution in [1.82, 2.24) is 4.90 Å². The van der Waals surface area contributed by atoms with E-state index in [1.54, 1.807) is 0 Å². The van der Waals surface area contributed by atoms with Crippen molar-refractivity contribution in [3.8, 4) is 0 Å². The van der Waals surface area contributed by atoms with E-state index in [0.29, 0.717) is 12.8 Å². The van der Waals surface area contributed by atoms with Crippen LogP contribution in [0, 0.1) is 5.41 Å². The summed E-state index contributed by atoms with van der Waals surface area (Å²) in [5, 5.41) is 10.9. The number of amides is 1. The number of aliphatic hydroxyl groups is 1. The largest absolute Gasteiger partial charge is 0.444 e. The van der Waals surface area contributed by atoms with Crippen LogP contribution in [0.2, 0.25) is 0 Å². The molecule has 0 spiro atoms. The van der Waals surface area contributed by atoms with E-state index in [0.717, 1.165) is 12.8 Å². The predicted molar refractivity (Wildman–Crippen MR) is 78.5 cm³/mol. The van der Waals surface area contributed by atoms with Gasteiger partial charge in [0.2, 0.25) is 0 Å². The summed E-state index contributed by atoms with van der Waals surface area (Å²) in [5.74, 6) is 0. The Hall–Kier alpha value is -0.770. The van der Waals surface area contributed by atoms with Crippen molar-refractivity contribution in [2.24, 2.45) is 5.41 Å². The fraction of sp³-hybridized carbons (Fsp3) is 0.938. The number of fused-ring (bicyclic) bond motifs is 2. The maximum atomic E-state index is 12.4. The van der Waals surface area contributed by atoms with Gasteiger partial charge in [0, 0.05) is 12.1 Å². The molecule has 20 heavy (non-hydrogen) atoms. The van der Waals surface area contributed by atoms with Gasteiger partial charge in [-0.05, 0) is 51.9 Å². The maximum Gasteiger partial charge on any atom is 0.410 e. The molecule has 2 bridgehead atoms. The normalized spacial score (nSPS) is 34.2.